The van der Waals surface area contributed by atoms with Gasteiger partial charge in [-0.05, 0) is 26.0 Å². The number of amides is 2. The van der Waals surface area contributed by atoms with Crippen LogP contribution in [0, 0.1) is 6.92 Å². The van der Waals surface area contributed by atoms with Crippen LogP contribution < -0.4 is 16.4 Å². The lowest BCUT2D eigenvalue weighted by Crippen LogP contribution is -2.28. The first-order valence-corrected chi connectivity index (χ1v) is 5.82. The molecule has 0 fully saturated rings. The van der Waals surface area contributed by atoms with Gasteiger partial charge in [-0.3, -0.25) is 9.59 Å². The van der Waals surface area contributed by atoms with Crippen LogP contribution in [0.4, 0.5) is 5.82 Å². The highest BCUT2D eigenvalue weighted by Crippen LogP contribution is 2.09. The van der Waals surface area contributed by atoms with E-state index in [9.17, 15) is 9.59 Å². The fraction of sp³-hybridized carbons (Fsp3) is 0.417. The number of aryl methyl sites for hydroxylation is 1. The molecular formula is C12H18N4O2. The molecule has 0 atom stereocenters. The van der Waals surface area contributed by atoms with Crippen molar-refractivity contribution in [3.8, 4) is 0 Å². The van der Waals surface area contributed by atoms with Gasteiger partial charge >= 0.3 is 0 Å². The Kier molecular flexibility index (Phi) is 5.10. The van der Waals surface area contributed by atoms with Gasteiger partial charge in [0.15, 0.2) is 0 Å². The number of carbonyl (C=O) groups excluding carboxylic acids is 2. The van der Waals surface area contributed by atoms with Crippen LogP contribution in [0.15, 0.2) is 12.1 Å². The van der Waals surface area contributed by atoms with Crippen LogP contribution >= 0.6 is 0 Å². The van der Waals surface area contributed by atoms with Crippen molar-refractivity contribution >= 4 is 17.6 Å². The monoisotopic (exact) mass is 250 g/mol. The molecule has 0 aliphatic heterocycles. The van der Waals surface area contributed by atoms with Crippen molar-refractivity contribution in [2.45, 2.75) is 20.3 Å². The Morgan fingerprint density at radius 2 is 2.11 bits per heavy atom. The van der Waals surface area contributed by atoms with Gasteiger partial charge in [0, 0.05) is 30.8 Å². The van der Waals surface area contributed by atoms with Gasteiger partial charge in [-0.15, -0.1) is 0 Å². The molecule has 0 unspecified atom stereocenters. The van der Waals surface area contributed by atoms with Crippen LogP contribution in [0.3, 0.4) is 0 Å². The number of hydrogen-bond acceptors (Lipinski definition) is 4. The zero-order valence-corrected chi connectivity index (χ0v) is 10.6. The maximum absolute atomic E-state index is 11.8. The number of nitrogens with two attached hydrogens (primary N) is 1. The number of nitrogens with one attached hydrogen (secondary N) is 2. The maximum atomic E-state index is 11.8. The molecule has 0 aromatic carbocycles. The van der Waals surface area contributed by atoms with Crippen molar-refractivity contribution in [2.24, 2.45) is 5.73 Å². The first kappa shape index (κ1) is 14.0. The molecule has 0 aliphatic carbocycles. The second-order valence-corrected chi connectivity index (χ2v) is 3.88. The number of anilines is 1. The van der Waals surface area contributed by atoms with Gasteiger partial charge < -0.3 is 16.4 Å². The van der Waals surface area contributed by atoms with E-state index in [1.54, 1.807) is 12.1 Å². The molecule has 4 N–H and O–H groups in total. The second kappa shape index (κ2) is 6.58. The molecule has 6 heteroatoms. The molecule has 1 rings (SSSR count). The van der Waals surface area contributed by atoms with Crippen molar-refractivity contribution in [1.82, 2.24) is 10.3 Å². The number of hydrogen-bond donors (Lipinski definition) is 3. The van der Waals surface area contributed by atoms with E-state index in [0.29, 0.717) is 11.4 Å². The third kappa shape index (κ3) is 4.40. The van der Waals surface area contributed by atoms with Crippen LogP contribution in [-0.4, -0.2) is 29.9 Å². The Hall–Kier alpha value is -2.11. The minimum atomic E-state index is -0.436. The Labute approximate surface area is 106 Å². The Bertz CT molecular complexity index is 446. The van der Waals surface area contributed by atoms with Crippen molar-refractivity contribution in [3.63, 3.8) is 0 Å². The van der Waals surface area contributed by atoms with Crippen molar-refractivity contribution in [1.29, 1.82) is 0 Å². The largest absolute Gasteiger partial charge is 0.370 e. The summed E-state index contributed by atoms with van der Waals surface area (Å²) in [6.07, 6.45) is 0.135. The summed E-state index contributed by atoms with van der Waals surface area (Å²) in [4.78, 5) is 26.6. The molecule has 0 radical (unpaired) electrons. The lowest BCUT2D eigenvalue weighted by atomic mass is 10.2. The average molecular weight is 250 g/mol. The number of rotatable bonds is 6. The Morgan fingerprint density at radius 1 is 1.39 bits per heavy atom. The minimum Gasteiger partial charge on any atom is -0.370 e. The van der Waals surface area contributed by atoms with Crippen LogP contribution in [0.25, 0.3) is 0 Å². The van der Waals surface area contributed by atoms with Crippen molar-refractivity contribution in [3.05, 3.63) is 23.4 Å². The molecule has 2 amide bonds. The number of primary amides is 1. The number of nitrogens with zero attached hydrogens (tertiary/aromatic N) is 1. The van der Waals surface area contributed by atoms with Crippen molar-refractivity contribution in [2.75, 3.05) is 18.4 Å². The van der Waals surface area contributed by atoms with E-state index in [4.69, 9.17) is 5.73 Å². The Balaban J connectivity index is 2.69. The van der Waals surface area contributed by atoms with Gasteiger partial charge in [0.2, 0.25) is 5.91 Å². The molecule has 6 nitrogen and oxygen atoms in total. The Morgan fingerprint density at radius 3 is 2.72 bits per heavy atom. The highest BCUT2D eigenvalue weighted by atomic mass is 16.2. The predicted octanol–water partition coefficient (Wildman–Crippen LogP) is 0.427. The van der Waals surface area contributed by atoms with E-state index in [1.165, 1.54) is 0 Å². The van der Waals surface area contributed by atoms with Crippen LogP contribution in [0.2, 0.25) is 0 Å². The fourth-order valence-electron chi connectivity index (χ4n) is 1.47. The van der Waals surface area contributed by atoms with Crippen molar-refractivity contribution < 1.29 is 9.59 Å². The summed E-state index contributed by atoms with van der Waals surface area (Å²) in [5, 5.41) is 5.68. The van der Waals surface area contributed by atoms with Gasteiger partial charge in [0.05, 0.1) is 0 Å². The summed E-state index contributed by atoms with van der Waals surface area (Å²) in [7, 11) is 0. The summed E-state index contributed by atoms with van der Waals surface area (Å²) in [5.41, 5.74) is 6.27. The average Bonchev–Trinajstić information content (AvgIpc) is 2.28. The van der Waals surface area contributed by atoms with Crippen LogP contribution in [-0.2, 0) is 4.79 Å². The van der Waals surface area contributed by atoms with E-state index in [2.05, 4.69) is 15.6 Å². The first-order chi connectivity index (χ1) is 8.52. The van der Waals surface area contributed by atoms with E-state index in [-0.39, 0.29) is 18.9 Å². The third-order valence-electron chi connectivity index (χ3n) is 2.23. The first-order valence-electron chi connectivity index (χ1n) is 5.82. The molecule has 98 valence electrons. The summed E-state index contributed by atoms with van der Waals surface area (Å²) in [5.74, 6) is -0.00648. The second-order valence-electron chi connectivity index (χ2n) is 3.88. The van der Waals surface area contributed by atoms with E-state index in [1.807, 2.05) is 13.8 Å². The molecule has 18 heavy (non-hydrogen) atoms. The third-order valence-corrected chi connectivity index (χ3v) is 2.23. The molecule has 0 aliphatic rings. The standard InChI is InChI=1S/C12H18N4O2/c1-3-14-11-7-9(6-8(2)16-11)12(18)15-5-4-10(13)17/h6-7H,3-5H2,1-2H3,(H2,13,17)(H,14,16)(H,15,18). The molecule has 0 saturated heterocycles. The normalized spacial score (nSPS) is 9.89. The smallest absolute Gasteiger partial charge is 0.251 e. The van der Waals surface area contributed by atoms with Crippen LogP contribution in [0.1, 0.15) is 29.4 Å². The molecule has 1 aromatic heterocycles. The lowest BCUT2D eigenvalue weighted by molar-refractivity contribution is -0.117. The highest BCUT2D eigenvalue weighted by molar-refractivity contribution is 5.95. The molecule has 0 spiro atoms. The zero-order chi connectivity index (χ0) is 13.5. The maximum Gasteiger partial charge on any atom is 0.251 e. The molecule has 1 heterocycles. The lowest BCUT2D eigenvalue weighted by Gasteiger charge is -2.08. The summed E-state index contributed by atoms with van der Waals surface area (Å²) >= 11 is 0. The van der Waals surface area contributed by atoms with Gasteiger partial charge in [-0.1, -0.05) is 0 Å². The number of pyridine rings is 1. The highest BCUT2D eigenvalue weighted by Gasteiger charge is 2.08. The summed E-state index contributed by atoms with van der Waals surface area (Å²) < 4.78 is 0. The van der Waals surface area contributed by atoms with E-state index in [0.717, 1.165) is 12.2 Å². The molecule has 0 saturated carbocycles. The quantitative estimate of drug-likeness (QED) is 0.682. The van der Waals surface area contributed by atoms with Crippen LogP contribution in [0.5, 0.6) is 0 Å². The number of aromatic nitrogens is 1. The SMILES string of the molecule is CCNc1cc(C(=O)NCCC(N)=O)cc(C)n1. The fourth-order valence-corrected chi connectivity index (χ4v) is 1.47. The zero-order valence-electron chi connectivity index (χ0n) is 10.6. The van der Waals surface area contributed by atoms with E-state index < -0.39 is 5.91 Å². The summed E-state index contributed by atoms with van der Waals surface area (Å²) in [6, 6.07) is 3.37. The van der Waals surface area contributed by atoms with Gasteiger partial charge in [-0.2, -0.15) is 0 Å². The topological polar surface area (TPSA) is 97.1 Å². The molecule has 0 bridgehead atoms. The van der Waals surface area contributed by atoms with Gasteiger partial charge in [-0.25, -0.2) is 4.98 Å². The van der Waals surface area contributed by atoms with Gasteiger partial charge in [0.25, 0.3) is 5.91 Å². The van der Waals surface area contributed by atoms with E-state index >= 15 is 0 Å². The predicted molar refractivity (Wildman–Crippen MR) is 69.3 cm³/mol. The minimum absolute atomic E-state index is 0.135. The number of carbonyl (C=O) groups is 2. The molecular weight excluding hydrogens is 232 g/mol. The summed E-state index contributed by atoms with van der Waals surface area (Å²) in [6.45, 7) is 4.75. The molecule has 1 aromatic rings. The van der Waals surface area contributed by atoms with Gasteiger partial charge in [0.1, 0.15) is 5.82 Å².